The SMILES string of the molecule is COc1ccc(Cn2c(=S)[nH]c(=O)c3[nH]ccc32)c(CN)c1. The van der Waals surface area contributed by atoms with E-state index in [1.807, 2.05) is 28.8 Å². The second-order valence-corrected chi connectivity index (χ2v) is 5.31. The van der Waals surface area contributed by atoms with Crippen molar-refractivity contribution in [3.63, 3.8) is 0 Å². The van der Waals surface area contributed by atoms with Crippen molar-refractivity contribution in [2.75, 3.05) is 7.11 Å². The van der Waals surface area contributed by atoms with Gasteiger partial charge in [0.25, 0.3) is 5.56 Å². The smallest absolute Gasteiger partial charge is 0.276 e. The molecular formula is C15H16N4O2S. The topological polar surface area (TPSA) is 88.8 Å². The molecule has 7 heteroatoms. The van der Waals surface area contributed by atoms with Crippen LogP contribution in [0.3, 0.4) is 0 Å². The maximum absolute atomic E-state index is 11.9. The van der Waals surface area contributed by atoms with E-state index in [-0.39, 0.29) is 5.56 Å². The molecule has 2 heterocycles. The van der Waals surface area contributed by atoms with Crippen LogP contribution in [-0.2, 0) is 13.1 Å². The summed E-state index contributed by atoms with van der Waals surface area (Å²) < 4.78 is 7.49. The molecule has 0 atom stereocenters. The molecule has 1 aromatic carbocycles. The van der Waals surface area contributed by atoms with Gasteiger partial charge in [0.1, 0.15) is 11.3 Å². The van der Waals surface area contributed by atoms with E-state index in [9.17, 15) is 4.79 Å². The van der Waals surface area contributed by atoms with Crippen LogP contribution in [0.2, 0.25) is 0 Å². The van der Waals surface area contributed by atoms with Crippen LogP contribution in [-0.4, -0.2) is 21.6 Å². The van der Waals surface area contributed by atoms with Gasteiger partial charge in [0.05, 0.1) is 19.2 Å². The number of aromatic amines is 2. The third-order valence-electron chi connectivity index (χ3n) is 3.67. The maximum atomic E-state index is 11.9. The maximum Gasteiger partial charge on any atom is 0.276 e. The number of ether oxygens (including phenoxy) is 1. The number of hydrogen-bond acceptors (Lipinski definition) is 4. The quantitative estimate of drug-likeness (QED) is 0.641. The first kappa shape index (κ1) is 14.6. The third-order valence-corrected chi connectivity index (χ3v) is 3.99. The van der Waals surface area contributed by atoms with Gasteiger partial charge in [-0.3, -0.25) is 9.78 Å². The minimum atomic E-state index is -0.213. The molecule has 4 N–H and O–H groups in total. The molecule has 2 aromatic heterocycles. The first-order valence-electron chi connectivity index (χ1n) is 6.80. The van der Waals surface area contributed by atoms with Gasteiger partial charge in [0.2, 0.25) is 0 Å². The van der Waals surface area contributed by atoms with Crippen LogP contribution in [0.25, 0.3) is 11.0 Å². The van der Waals surface area contributed by atoms with Gasteiger partial charge in [-0.1, -0.05) is 6.07 Å². The van der Waals surface area contributed by atoms with Crippen LogP contribution in [0.5, 0.6) is 5.75 Å². The minimum absolute atomic E-state index is 0.213. The molecule has 114 valence electrons. The summed E-state index contributed by atoms with van der Waals surface area (Å²) in [4.78, 5) is 17.5. The Morgan fingerprint density at radius 3 is 2.86 bits per heavy atom. The number of nitrogens with one attached hydrogen (secondary N) is 2. The fourth-order valence-electron chi connectivity index (χ4n) is 2.51. The molecule has 0 amide bonds. The van der Waals surface area contributed by atoms with Crippen molar-refractivity contribution in [3.8, 4) is 5.75 Å². The summed E-state index contributed by atoms with van der Waals surface area (Å²) in [6.07, 6.45) is 1.73. The number of aromatic nitrogens is 3. The number of methoxy groups -OCH3 is 1. The van der Waals surface area contributed by atoms with E-state index >= 15 is 0 Å². The van der Waals surface area contributed by atoms with Crippen LogP contribution in [0.4, 0.5) is 0 Å². The van der Waals surface area contributed by atoms with Gasteiger partial charge in [-0.2, -0.15) is 0 Å². The highest BCUT2D eigenvalue weighted by molar-refractivity contribution is 7.71. The van der Waals surface area contributed by atoms with Crippen molar-refractivity contribution in [2.24, 2.45) is 5.73 Å². The van der Waals surface area contributed by atoms with Gasteiger partial charge in [-0.15, -0.1) is 0 Å². The molecule has 0 fully saturated rings. The Labute approximate surface area is 131 Å². The van der Waals surface area contributed by atoms with E-state index in [1.54, 1.807) is 13.3 Å². The Morgan fingerprint density at radius 2 is 2.14 bits per heavy atom. The van der Waals surface area contributed by atoms with E-state index < -0.39 is 0 Å². The standard InChI is InChI=1S/C15H16N4O2S/c1-21-11-3-2-9(10(6-11)7-16)8-19-12-4-5-17-13(12)14(20)18-15(19)22/h2-6,17H,7-8,16H2,1H3,(H,18,20,22). The van der Waals surface area contributed by atoms with Crippen molar-refractivity contribution in [2.45, 2.75) is 13.1 Å². The molecule has 0 aliphatic rings. The average molecular weight is 316 g/mol. The first-order chi connectivity index (χ1) is 10.6. The van der Waals surface area contributed by atoms with Crippen LogP contribution < -0.4 is 16.0 Å². The minimum Gasteiger partial charge on any atom is -0.497 e. The lowest BCUT2D eigenvalue weighted by molar-refractivity contribution is 0.414. The summed E-state index contributed by atoms with van der Waals surface area (Å²) in [5.41, 5.74) is 8.91. The summed E-state index contributed by atoms with van der Waals surface area (Å²) >= 11 is 5.30. The number of H-pyrrole nitrogens is 2. The highest BCUT2D eigenvalue weighted by Crippen LogP contribution is 2.20. The predicted molar refractivity (Wildman–Crippen MR) is 87.7 cm³/mol. The van der Waals surface area contributed by atoms with Crippen LogP contribution >= 0.6 is 12.2 Å². The van der Waals surface area contributed by atoms with Crippen molar-refractivity contribution in [1.82, 2.24) is 14.5 Å². The molecule has 3 rings (SSSR count). The fourth-order valence-corrected chi connectivity index (χ4v) is 2.76. The van der Waals surface area contributed by atoms with Gasteiger partial charge < -0.3 is 20.0 Å². The molecule has 0 unspecified atom stereocenters. The third kappa shape index (κ3) is 2.44. The van der Waals surface area contributed by atoms with Crippen molar-refractivity contribution < 1.29 is 4.74 Å². The summed E-state index contributed by atoms with van der Waals surface area (Å²) in [5, 5.41) is 0. The molecule has 22 heavy (non-hydrogen) atoms. The zero-order chi connectivity index (χ0) is 15.7. The van der Waals surface area contributed by atoms with E-state index in [4.69, 9.17) is 22.7 Å². The lowest BCUT2D eigenvalue weighted by Crippen LogP contribution is -2.15. The van der Waals surface area contributed by atoms with Gasteiger partial charge in [0, 0.05) is 12.7 Å². The molecular weight excluding hydrogens is 300 g/mol. The molecule has 0 aliphatic heterocycles. The van der Waals surface area contributed by atoms with E-state index in [0.717, 1.165) is 22.4 Å². The summed E-state index contributed by atoms with van der Waals surface area (Å²) in [6, 6.07) is 7.61. The first-order valence-corrected chi connectivity index (χ1v) is 7.21. The van der Waals surface area contributed by atoms with Crippen LogP contribution in [0.15, 0.2) is 35.3 Å². The van der Waals surface area contributed by atoms with Crippen LogP contribution in [0.1, 0.15) is 11.1 Å². The van der Waals surface area contributed by atoms with Crippen molar-refractivity contribution in [3.05, 3.63) is 56.7 Å². The number of benzene rings is 1. The van der Waals surface area contributed by atoms with Gasteiger partial charge in [-0.05, 0) is 41.5 Å². The normalized spacial score (nSPS) is 11.0. The van der Waals surface area contributed by atoms with E-state index in [2.05, 4.69) is 9.97 Å². The highest BCUT2D eigenvalue weighted by Gasteiger charge is 2.09. The molecule has 0 radical (unpaired) electrons. The summed E-state index contributed by atoms with van der Waals surface area (Å²) in [7, 11) is 1.62. The number of rotatable bonds is 4. The zero-order valence-electron chi connectivity index (χ0n) is 12.1. The average Bonchev–Trinajstić information content (AvgIpc) is 3.01. The Kier molecular flexibility index (Phi) is 3.82. The Balaban J connectivity index is 2.13. The molecule has 3 aromatic rings. The molecule has 0 saturated heterocycles. The fraction of sp³-hybridized carbons (Fsp3) is 0.200. The Hall–Kier alpha value is -2.38. The Bertz CT molecular complexity index is 939. The number of nitrogens with two attached hydrogens (primary N) is 1. The summed E-state index contributed by atoms with van der Waals surface area (Å²) in [5.74, 6) is 0.765. The zero-order valence-corrected chi connectivity index (χ0v) is 12.9. The molecule has 0 saturated carbocycles. The lowest BCUT2D eigenvalue weighted by Gasteiger charge is -2.13. The largest absolute Gasteiger partial charge is 0.497 e. The van der Waals surface area contributed by atoms with Gasteiger partial charge in [0.15, 0.2) is 4.77 Å². The molecule has 0 aliphatic carbocycles. The Morgan fingerprint density at radius 1 is 1.32 bits per heavy atom. The lowest BCUT2D eigenvalue weighted by atomic mass is 10.1. The molecule has 0 spiro atoms. The van der Waals surface area contributed by atoms with E-state index in [1.165, 1.54) is 0 Å². The van der Waals surface area contributed by atoms with Gasteiger partial charge in [-0.25, -0.2) is 0 Å². The van der Waals surface area contributed by atoms with Crippen molar-refractivity contribution >= 4 is 23.3 Å². The molecule has 0 bridgehead atoms. The monoisotopic (exact) mass is 316 g/mol. The number of hydrogen-bond donors (Lipinski definition) is 3. The second kappa shape index (κ2) is 5.78. The summed E-state index contributed by atoms with van der Waals surface area (Å²) in [6.45, 7) is 0.931. The number of nitrogens with zero attached hydrogens (tertiary/aromatic N) is 1. The van der Waals surface area contributed by atoms with Gasteiger partial charge >= 0.3 is 0 Å². The van der Waals surface area contributed by atoms with Crippen molar-refractivity contribution in [1.29, 1.82) is 0 Å². The predicted octanol–water partition coefficient (Wildman–Crippen LogP) is 1.90. The molecule has 6 nitrogen and oxygen atoms in total. The van der Waals surface area contributed by atoms with E-state index in [0.29, 0.717) is 23.4 Å². The second-order valence-electron chi connectivity index (χ2n) is 4.92. The number of fused-ring (bicyclic) bond motifs is 1. The van der Waals surface area contributed by atoms with Crippen LogP contribution in [0, 0.1) is 4.77 Å². The highest BCUT2D eigenvalue weighted by atomic mass is 32.1.